The Kier molecular flexibility index (Phi) is 3.82. The molecule has 4 rings (SSSR count). The topological polar surface area (TPSA) is 51.0 Å². The van der Waals surface area contributed by atoms with Gasteiger partial charge in [-0.3, -0.25) is 9.78 Å². The molecule has 1 aliphatic heterocycles. The first-order valence-electron chi connectivity index (χ1n) is 7.58. The van der Waals surface area contributed by atoms with E-state index in [2.05, 4.69) is 38.0 Å². The lowest BCUT2D eigenvalue weighted by atomic mass is 10.2. The Hall–Kier alpha value is -1.52. The molecule has 5 nitrogen and oxygen atoms in total. The van der Waals surface area contributed by atoms with Crippen molar-refractivity contribution in [2.24, 2.45) is 0 Å². The maximum Gasteiger partial charge on any atom is 0.223 e. The smallest absolute Gasteiger partial charge is 0.223 e. The monoisotopic (exact) mass is 390 g/mol. The fraction of sp³-hybridized carbons (Fsp3) is 0.312. The number of fused-ring (bicyclic) bond motifs is 3. The molecule has 1 fully saturated rings. The van der Waals surface area contributed by atoms with E-state index in [-0.39, 0.29) is 5.91 Å². The summed E-state index contributed by atoms with van der Waals surface area (Å²) in [4.78, 5) is 23.1. The van der Waals surface area contributed by atoms with Crippen LogP contribution in [0.15, 0.2) is 28.9 Å². The van der Waals surface area contributed by atoms with E-state index in [1.54, 1.807) is 0 Å². The largest absolute Gasteiger partial charge is 0.335 e. The van der Waals surface area contributed by atoms with Gasteiger partial charge in [0.2, 0.25) is 5.91 Å². The second-order valence-corrected chi connectivity index (χ2v) is 7.47. The standard InChI is InChI=1S/C16H16BrN4OP/c1-23-21-14(9-20-6-2-3-15(20)22)19-13-8-18-12-7-10(17)4-5-11(12)16(13)21/h4-5,7-8,23H,2-3,6,9H2,1H3. The predicted molar refractivity (Wildman–Crippen MR) is 97.0 cm³/mol. The maximum absolute atomic E-state index is 11.9. The third-order valence-corrected chi connectivity index (χ3v) is 5.66. The lowest BCUT2D eigenvalue weighted by Crippen LogP contribution is -2.25. The highest BCUT2D eigenvalue weighted by atomic mass is 79.9. The molecule has 1 saturated heterocycles. The van der Waals surface area contributed by atoms with E-state index >= 15 is 0 Å². The van der Waals surface area contributed by atoms with Crippen LogP contribution in [-0.4, -0.2) is 38.3 Å². The van der Waals surface area contributed by atoms with Crippen molar-refractivity contribution in [1.82, 2.24) is 19.2 Å². The summed E-state index contributed by atoms with van der Waals surface area (Å²) in [7, 11) is 0.559. The second-order valence-electron chi connectivity index (χ2n) is 5.66. The van der Waals surface area contributed by atoms with Gasteiger partial charge in [0, 0.05) is 22.8 Å². The number of amides is 1. The lowest BCUT2D eigenvalue weighted by Gasteiger charge is -2.15. The first kappa shape index (κ1) is 15.0. The Balaban J connectivity index is 1.89. The molecule has 1 amide bonds. The van der Waals surface area contributed by atoms with Gasteiger partial charge in [-0.2, -0.15) is 0 Å². The van der Waals surface area contributed by atoms with E-state index in [1.807, 2.05) is 23.2 Å². The number of benzene rings is 1. The zero-order valence-electron chi connectivity index (χ0n) is 12.7. The summed E-state index contributed by atoms with van der Waals surface area (Å²) in [5.74, 6) is 1.18. The first-order chi connectivity index (χ1) is 11.2. The zero-order valence-corrected chi connectivity index (χ0v) is 15.3. The number of halogens is 1. The number of aromatic nitrogens is 3. The molecule has 0 saturated carbocycles. The van der Waals surface area contributed by atoms with Crippen molar-refractivity contribution in [2.75, 3.05) is 13.2 Å². The molecule has 3 heterocycles. The van der Waals surface area contributed by atoms with E-state index in [0.29, 0.717) is 21.7 Å². The van der Waals surface area contributed by atoms with Gasteiger partial charge in [0.1, 0.15) is 11.3 Å². The van der Waals surface area contributed by atoms with Crippen LogP contribution in [0.5, 0.6) is 0 Å². The quantitative estimate of drug-likeness (QED) is 0.642. The van der Waals surface area contributed by atoms with Crippen molar-refractivity contribution in [3.05, 3.63) is 34.7 Å². The highest BCUT2D eigenvalue weighted by Crippen LogP contribution is 2.31. The summed E-state index contributed by atoms with van der Waals surface area (Å²) in [5, 5.41) is 1.10. The van der Waals surface area contributed by atoms with Gasteiger partial charge in [-0.1, -0.05) is 15.9 Å². The third-order valence-electron chi connectivity index (χ3n) is 4.24. The van der Waals surface area contributed by atoms with Crippen LogP contribution in [-0.2, 0) is 11.3 Å². The van der Waals surface area contributed by atoms with Crippen molar-refractivity contribution in [1.29, 1.82) is 0 Å². The molecule has 0 spiro atoms. The Morgan fingerprint density at radius 3 is 2.96 bits per heavy atom. The van der Waals surface area contributed by atoms with Crippen LogP contribution >= 0.6 is 24.7 Å². The summed E-state index contributed by atoms with van der Waals surface area (Å²) in [5.41, 5.74) is 2.97. The van der Waals surface area contributed by atoms with Gasteiger partial charge in [-0.05, 0) is 40.0 Å². The van der Waals surface area contributed by atoms with Gasteiger partial charge in [-0.15, -0.1) is 0 Å². The normalized spacial score (nSPS) is 15.7. The van der Waals surface area contributed by atoms with Gasteiger partial charge in [0.15, 0.2) is 0 Å². The number of imidazole rings is 1. The Labute approximate surface area is 144 Å². The molecule has 3 aromatic rings. The van der Waals surface area contributed by atoms with E-state index in [9.17, 15) is 4.79 Å². The predicted octanol–water partition coefficient (Wildman–Crippen LogP) is 3.54. The molecule has 7 heteroatoms. The molecular weight excluding hydrogens is 375 g/mol. The van der Waals surface area contributed by atoms with Crippen molar-refractivity contribution in [2.45, 2.75) is 19.4 Å². The van der Waals surface area contributed by atoms with Crippen LogP contribution in [0.2, 0.25) is 0 Å². The zero-order chi connectivity index (χ0) is 16.0. The van der Waals surface area contributed by atoms with E-state index < -0.39 is 0 Å². The molecule has 1 aromatic carbocycles. The summed E-state index contributed by atoms with van der Waals surface area (Å²) in [6.45, 7) is 3.56. The van der Waals surface area contributed by atoms with Gasteiger partial charge in [0.05, 0.1) is 23.8 Å². The molecule has 0 aliphatic carbocycles. The van der Waals surface area contributed by atoms with Crippen LogP contribution < -0.4 is 0 Å². The summed E-state index contributed by atoms with van der Waals surface area (Å²) in [6.07, 6.45) is 3.44. The van der Waals surface area contributed by atoms with E-state index in [1.165, 1.54) is 0 Å². The third kappa shape index (κ3) is 2.54. The van der Waals surface area contributed by atoms with Crippen LogP contribution in [0.25, 0.3) is 21.9 Å². The van der Waals surface area contributed by atoms with Crippen molar-refractivity contribution < 1.29 is 4.79 Å². The van der Waals surface area contributed by atoms with Gasteiger partial charge >= 0.3 is 0 Å². The molecule has 2 aromatic heterocycles. The van der Waals surface area contributed by atoms with Crippen molar-refractivity contribution >= 4 is 52.5 Å². The Morgan fingerprint density at radius 1 is 1.35 bits per heavy atom. The van der Waals surface area contributed by atoms with Crippen LogP contribution in [0, 0.1) is 0 Å². The Bertz CT molecular complexity index is 923. The molecule has 1 unspecified atom stereocenters. The number of hydrogen-bond donors (Lipinski definition) is 0. The fourth-order valence-electron chi connectivity index (χ4n) is 3.17. The number of hydrogen-bond acceptors (Lipinski definition) is 3. The van der Waals surface area contributed by atoms with Gasteiger partial charge in [0.25, 0.3) is 0 Å². The lowest BCUT2D eigenvalue weighted by molar-refractivity contribution is -0.128. The number of carbonyl (C=O) groups is 1. The summed E-state index contributed by atoms with van der Waals surface area (Å²) >= 11 is 3.50. The number of likely N-dealkylation sites (tertiary alicyclic amines) is 1. The highest BCUT2D eigenvalue weighted by molar-refractivity contribution is 9.10. The van der Waals surface area contributed by atoms with Crippen LogP contribution in [0.1, 0.15) is 18.7 Å². The molecule has 0 radical (unpaired) electrons. The van der Waals surface area contributed by atoms with Crippen molar-refractivity contribution in [3.8, 4) is 0 Å². The minimum absolute atomic E-state index is 0.231. The number of pyridine rings is 1. The Morgan fingerprint density at radius 2 is 2.22 bits per heavy atom. The van der Waals surface area contributed by atoms with E-state index in [0.717, 1.165) is 45.2 Å². The molecule has 0 bridgehead atoms. The minimum atomic E-state index is 0.231. The van der Waals surface area contributed by atoms with Gasteiger partial charge < -0.3 is 9.24 Å². The molecule has 118 valence electrons. The highest BCUT2D eigenvalue weighted by Gasteiger charge is 2.23. The summed E-state index contributed by atoms with van der Waals surface area (Å²) < 4.78 is 3.25. The van der Waals surface area contributed by atoms with Gasteiger partial charge in [-0.25, -0.2) is 4.98 Å². The average molecular weight is 391 g/mol. The maximum atomic E-state index is 11.9. The average Bonchev–Trinajstić information content (AvgIpc) is 3.10. The molecule has 1 atom stereocenters. The first-order valence-corrected chi connectivity index (χ1v) is 9.82. The number of nitrogens with zero attached hydrogens (tertiary/aromatic N) is 4. The van der Waals surface area contributed by atoms with Crippen LogP contribution in [0.3, 0.4) is 0 Å². The summed E-state index contributed by atoms with van der Waals surface area (Å²) in [6, 6.07) is 6.13. The minimum Gasteiger partial charge on any atom is -0.335 e. The molecule has 23 heavy (non-hydrogen) atoms. The fourth-order valence-corrected chi connectivity index (χ4v) is 4.35. The molecular formula is C16H16BrN4OP. The van der Waals surface area contributed by atoms with E-state index in [4.69, 9.17) is 4.98 Å². The second kappa shape index (κ2) is 5.84. The molecule has 1 aliphatic rings. The SMILES string of the molecule is CPn1c(CN2CCCC2=O)nc2cnc3cc(Br)ccc3c21. The molecule has 0 N–H and O–H groups in total. The number of rotatable bonds is 3. The van der Waals surface area contributed by atoms with Crippen molar-refractivity contribution in [3.63, 3.8) is 0 Å². The number of carbonyl (C=O) groups excluding carboxylic acids is 1. The van der Waals surface area contributed by atoms with Crippen LogP contribution in [0.4, 0.5) is 0 Å².